The lowest BCUT2D eigenvalue weighted by Crippen LogP contribution is -2.03. The second-order valence-corrected chi connectivity index (χ2v) is 4.24. The number of carbonyl (C=O) groups is 1. The van der Waals surface area contributed by atoms with E-state index in [1.165, 1.54) is 19.3 Å². The highest BCUT2D eigenvalue weighted by Gasteiger charge is 2.04. The van der Waals surface area contributed by atoms with Crippen molar-refractivity contribution < 1.29 is 9.53 Å². The summed E-state index contributed by atoms with van der Waals surface area (Å²) in [5.74, 6) is -0.254. The molecule has 1 aromatic carbocycles. The van der Waals surface area contributed by atoms with Gasteiger partial charge in [0.15, 0.2) is 0 Å². The predicted molar refractivity (Wildman–Crippen MR) is 75.6 cm³/mol. The average Bonchev–Trinajstić information content (AvgIpc) is 2.39. The fourth-order valence-electron chi connectivity index (χ4n) is 1.68. The van der Waals surface area contributed by atoms with Crippen molar-refractivity contribution in [1.29, 1.82) is 0 Å². The summed E-state index contributed by atoms with van der Waals surface area (Å²) in [6.07, 6.45) is 9.19. The van der Waals surface area contributed by atoms with E-state index in [1.807, 2.05) is 31.2 Å². The Bertz CT molecular complexity index is 377. The lowest BCUT2D eigenvalue weighted by molar-refractivity contribution is 0.0526. The fraction of sp³-hybridized carbons (Fsp3) is 0.438. The van der Waals surface area contributed by atoms with Crippen LogP contribution in [0.3, 0.4) is 0 Å². The molecule has 0 spiro atoms. The molecule has 2 nitrogen and oxygen atoms in total. The van der Waals surface area contributed by atoms with Crippen LogP contribution in [0.25, 0.3) is 6.08 Å². The second kappa shape index (κ2) is 8.51. The summed E-state index contributed by atoms with van der Waals surface area (Å²) in [7, 11) is 0. The third kappa shape index (κ3) is 5.17. The molecule has 1 rings (SSSR count). The molecule has 0 bridgehead atoms. The van der Waals surface area contributed by atoms with Gasteiger partial charge in [-0.05, 0) is 37.5 Å². The van der Waals surface area contributed by atoms with Gasteiger partial charge in [-0.2, -0.15) is 0 Å². The van der Waals surface area contributed by atoms with Crippen molar-refractivity contribution in [3.63, 3.8) is 0 Å². The highest BCUT2D eigenvalue weighted by molar-refractivity contribution is 5.89. The lowest BCUT2D eigenvalue weighted by Gasteiger charge is -2.01. The van der Waals surface area contributed by atoms with Crippen molar-refractivity contribution >= 4 is 12.0 Å². The fourth-order valence-corrected chi connectivity index (χ4v) is 1.68. The quantitative estimate of drug-likeness (QED) is 0.524. The Hall–Kier alpha value is -1.57. The van der Waals surface area contributed by atoms with E-state index in [0.717, 1.165) is 12.0 Å². The molecule has 0 amide bonds. The summed E-state index contributed by atoms with van der Waals surface area (Å²) < 4.78 is 4.94. The minimum atomic E-state index is -0.254. The van der Waals surface area contributed by atoms with E-state index in [-0.39, 0.29) is 5.97 Å². The molecule has 2 heteroatoms. The van der Waals surface area contributed by atoms with Crippen molar-refractivity contribution in [3.8, 4) is 0 Å². The van der Waals surface area contributed by atoms with E-state index in [2.05, 4.69) is 19.1 Å². The normalized spacial score (nSPS) is 10.8. The van der Waals surface area contributed by atoms with E-state index >= 15 is 0 Å². The average molecular weight is 246 g/mol. The molecule has 98 valence electrons. The molecule has 0 radical (unpaired) electrons. The maximum atomic E-state index is 11.4. The second-order valence-electron chi connectivity index (χ2n) is 4.24. The highest BCUT2D eigenvalue weighted by atomic mass is 16.5. The summed E-state index contributed by atoms with van der Waals surface area (Å²) in [6, 6.07) is 7.51. The van der Waals surface area contributed by atoms with Crippen LogP contribution in [0.1, 0.15) is 55.5 Å². The number of carbonyl (C=O) groups excluding carboxylic acids is 1. The third-order valence-corrected chi connectivity index (χ3v) is 2.71. The molecular weight excluding hydrogens is 224 g/mol. The van der Waals surface area contributed by atoms with Crippen LogP contribution in [0, 0.1) is 0 Å². The van der Waals surface area contributed by atoms with E-state index in [0.29, 0.717) is 12.2 Å². The van der Waals surface area contributed by atoms with Gasteiger partial charge < -0.3 is 4.74 Å². The number of allylic oxidation sites excluding steroid dienone is 1. The van der Waals surface area contributed by atoms with Gasteiger partial charge in [0.05, 0.1) is 12.2 Å². The molecule has 0 saturated carbocycles. The Balaban J connectivity index is 2.47. The molecule has 1 aromatic rings. The number of rotatable bonds is 7. The Morgan fingerprint density at radius 2 is 1.89 bits per heavy atom. The maximum Gasteiger partial charge on any atom is 0.338 e. The van der Waals surface area contributed by atoms with Crippen molar-refractivity contribution in [3.05, 3.63) is 41.5 Å². The molecule has 0 fully saturated rings. The summed E-state index contributed by atoms with van der Waals surface area (Å²) in [6.45, 7) is 4.43. The molecule has 0 heterocycles. The summed E-state index contributed by atoms with van der Waals surface area (Å²) in [5, 5.41) is 0. The number of ether oxygens (including phenoxy) is 1. The molecule has 0 atom stereocenters. The standard InChI is InChI=1S/C16H22O2/c1-3-5-6-7-8-9-14-10-12-15(13-11-14)16(17)18-4-2/h8-13H,3-7H2,1-2H3. The lowest BCUT2D eigenvalue weighted by atomic mass is 10.1. The molecule has 0 aliphatic heterocycles. The van der Waals surface area contributed by atoms with Gasteiger partial charge >= 0.3 is 5.97 Å². The first-order valence-electron chi connectivity index (χ1n) is 6.71. The number of benzene rings is 1. The molecule has 0 aliphatic carbocycles. The van der Waals surface area contributed by atoms with Gasteiger partial charge in [-0.3, -0.25) is 0 Å². The molecule has 0 aromatic heterocycles. The molecule has 0 aliphatic rings. The molecule has 0 saturated heterocycles. The van der Waals surface area contributed by atoms with Gasteiger partial charge in [-0.1, -0.05) is 44.1 Å². The molecule has 0 N–H and O–H groups in total. The smallest absolute Gasteiger partial charge is 0.338 e. The van der Waals surface area contributed by atoms with Crippen LogP contribution < -0.4 is 0 Å². The Kier molecular flexibility index (Phi) is 6.85. The highest BCUT2D eigenvalue weighted by Crippen LogP contribution is 2.09. The zero-order chi connectivity index (χ0) is 13.2. The Morgan fingerprint density at radius 1 is 1.17 bits per heavy atom. The third-order valence-electron chi connectivity index (χ3n) is 2.71. The zero-order valence-corrected chi connectivity index (χ0v) is 11.3. The predicted octanol–water partition coefficient (Wildman–Crippen LogP) is 4.46. The Morgan fingerprint density at radius 3 is 2.50 bits per heavy atom. The van der Waals surface area contributed by atoms with Crippen LogP contribution in [0.2, 0.25) is 0 Å². The summed E-state index contributed by atoms with van der Waals surface area (Å²) in [5.41, 5.74) is 1.74. The van der Waals surface area contributed by atoms with Gasteiger partial charge in [0.1, 0.15) is 0 Å². The van der Waals surface area contributed by atoms with Crippen molar-refractivity contribution in [2.24, 2.45) is 0 Å². The molecule has 18 heavy (non-hydrogen) atoms. The van der Waals surface area contributed by atoms with E-state index in [9.17, 15) is 4.79 Å². The van der Waals surface area contributed by atoms with Crippen molar-refractivity contribution in [2.45, 2.75) is 39.5 Å². The maximum absolute atomic E-state index is 11.4. The van der Waals surface area contributed by atoms with Gasteiger partial charge in [0, 0.05) is 0 Å². The van der Waals surface area contributed by atoms with Crippen molar-refractivity contribution in [2.75, 3.05) is 6.61 Å². The molecular formula is C16H22O2. The minimum absolute atomic E-state index is 0.254. The number of unbranched alkanes of at least 4 members (excludes halogenated alkanes) is 3. The van der Waals surface area contributed by atoms with Crippen molar-refractivity contribution in [1.82, 2.24) is 0 Å². The molecule has 0 unspecified atom stereocenters. The Labute approximate surface area is 110 Å². The van der Waals surface area contributed by atoms with E-state index in [4.69, 9.17) is 4.74 Å². The first kappa shape index (κ1) is 14.5. The number of hydrogen-bond acceptors (Lipinski definition) is 2. The van der Waals surface area contributed by atoms with E-state index < -0.39 is 0 Å². The minimum Gasteiger partial charge on any atom is -0.462 e. The summed E-state index contributed by atoms with van der Waals surface area (Å²) >= 11 is 0. The van der Waals surface area contributed by atoms with Gasteiger partial charge in [-0.25, -0.2) is 4.79 Å². The van der Waals surface area contributed by atoms with Gasteiger partial charge in [0.2, 0.25) is 0 Å². The van der Waals surface area contributed by atoms with Crippen LogP contribution in [-0.4, -0.2) is 12.6 Å². The SMILES string of the molecule is CCCCCC=Cc1ccc(C(=O)OCC)cc1. The van der Waals surface area contributed by atoms with Crippen LogP contribution in [0.5, 0.6) is 0 Å². The van der Waals surface area contributed by atoms with Crippen LogP contribution in [0.4, 0.5) is 0 Å². The monoisotopic (exact) mass is 246 g/mol. The first-order valence-corrected chi connectivity index (χ1v) is 6.71. The number of esters is 1. The topological polar surface area (TPSA) is 26.3 Å². The van der Waals surface area contributed by atoms with E-state index in [1.54, 1.807) is 0 Å². The van der Waals surface area contributed by atoms with Gasteiger partial charge in [0.25, 0.3) is 0 Å². The van der Waals surface area contributed by atoms with Gasteiger partial charge in [-0.15, -0.1) is 0 Å². The number of hydrogen-bond donors (Lipinski definition) is 0. The largest absolute Gasteiger partial charge is 0.462 e. The van der Waals surface area contributed by atoms with Crippen LogP contribution in [-0.2, 0) is 4.74 Å². The van der Waals surface area contributed by atoms with Crippen LogP contribution in [0.15, 0.2) is 30.3 Å². The zero-order valence-electron chi connectivity index (χ0n) is 11.3. The summed E-state index contributed by atoms with van der Waals surface area (Å²) in [4.78, 5) is 11.4. The van der Waals surface area contributed by atoms with Crippen LogP contribution >= 0.6 is 0 Å². The first-order chi connectivity index (χ1) is 8.77.